The monoisotopic (exact) mass is 433 g/mol. The maximum absolute atomic E-state index is 5.30. The summed E-state index contributed by atoms with van der Waals surface area (Å²) in [5, 5.41) is 6.71. The van der Waals surface area contributed by atoms with E-state index in [2.05, 4.69) is 48.5 Å². The lowest BCUT2D eigenvalue weighted by Gasteiger charge is -2.17. The summed E-state index contributed by atoms with van der Waals surface area (Å²) in [4.78, 5) is 7.30. The molecule has 2 aromatic rings. The van der Waals surface area contributed by atoms with E-state index in [0.717, 1.165) is 24.7 Å². The number of aliphatic imine (C=N–C) groups is 1. The first-order valence-electron chi connectivity index (χ1n) is 7.30. The molecule has 6 heteroatoms. The molecule has 0 amide bonds. The van der Waals surface area contributed by atoms with Gasteiger partial charge in [-0.3, -0.25) is 0 Å². The summed E-state index contributed by atoms with van der Waals surface area (Å²) in [6.07, 6.45) is 2.68. The second kappa shape index (κ2) is 9.89. The zero-order chi connectivity index (χ0) is 15.1. The van der Waals surface area contributed by atoms with Crippen LogP contribution in [0.3, 0.4) is 0 Å². The molecule has 0 aliphatic carbocycles. The van der Waals surface area contributed by atoms with E-state index in [1.165, 1.54) is 9.75 Å². The highest BCUT2D eigenvalue weighted by Gasteiger charge is 2.08. The number of halogens is 1. The van der Waals surface area contributed by atoms with Crippen molar-refractivity contribution in [3.05, 3.63) is 46.0 Å². The summed E-state index contributed by atoms with van der Waals surface area (Å²) in [7, 11) is 0. The first-order valence-corrected chi connectivity index (χ1v) is 8.11. The molecule has 2 heterocycles. The quantitative estimate of drug-likeness (QED) is 0.412. The second-order valence-electron chi connectivity index (χ2n) is 5.04. The van der Waals surface area contributed by atoms with Gasteiger partial charge in [-0.15, -0.1) is 35.3 Å². The van der Waals surface area contributed by atoms with Crippen molar-refractivity contribution in [1.29, 1.82) is 0 Å². The lowest BCUT2D eigenvalue weighted by molar-refractivity contribution is 0.511. The molecule has 0 bridgehead atoms. The topological polar surface area (TPSA) is 49.6 Å². The third-order valence-corrected chi connectivity index (χ3v) is 4.03. The molecule has 0 spiro atoms. The van der Waals surface area contributed by atoms with Gasteiger partial charge in [0.2, 0.25) is 0 Å². The lowest BCUT2D eigenvalue weighted by atomic mass is 10.2. The van der Waals surface area contributed by atoms with Crippen LogP contribution >= 0.6 is 35.3 Å². The molecule has 0 aliphatic heterocycles. The number of thiophene rings is 1. The first kappa shape index (κ1) is 19.0. The summed E-state index contributed by atoms with van der Waals surface area (Å²) in [6, 6.07) is 8.52. The Kier molecular flexibility index (Phi) is 8.55. The number of rotatable bonds is 6. The molecule has 2 aromatic heterocycles. The predicted octanol–water partition coefficient (Wildman–Crippen LogP) is 3.95. The summed E-state index contributed by atoms with van der Waals surface area (Å²) >= 11 is 1.85. The third kappa shape index (κ3) is 6.39. The molecule has 0 aromatic carbocycles. The van der Waals surface area contributed by atoms with Crippen LogP contribution in [0.25, 0.3) is 0 Å². The van der Waals surface area contributed by atoms with Gasteiger partial charge in [0.25, 0.3) is 0 Å². The van der Waals surface area contributed by atoms with E-state index in [4.69, 9.17) is 4.42 Å². The Morgan fingerprint density at radius 2 is 2.18 bits per heavy atom. The molecule has 2 N–H and O–H groups in total. The fraction of sp³-hybridized carbons (Fsp3) is 0.438. The van der Waals surface area contributed by atoms with Crippen LogP contribution in [0.2, 0.25) is 0 Å². The Bertz CT molecular complexity index is 566. The largest absolute Gasteiger partial charge is 0.467 e. The maximum Gasteiger partial charge on any atom is 0.191 e. The van der Waals surface area contributed by atoms with Gasteiger partial charge in [-0.25, -0.2) is 4.99 Å². The number of nitrogens with one attached hydrogen (secondary N) is 2. The number of nitrogens with zero attached hydrogens (tertiary/aromatic N) is 1. The fourth-order valence-corrected chi connectivity index (χ4v) is 3.08. The van der Waals surface area contributed by atoms with Gasteiger partial charge in [0.05, 0.1) is 6.26 Å². The van der Waals surface area contributed by atoms with Crippen molar-refractivity contribution in [3.63, 3.8) is 0 Å². The van der Waals surface area contributed by atoms with Gasteiger partial charge in [-0.2, -0.15) is 0 Å². The molecule has 0 aliphatic rings. The molecule has 22 heavy (non-hydrogen) atoms. The Balaban J connectivity index is 0.00000242. The lowest BCUT2D eigenvalue weighted by Crippen LogP contribution is -2.43. The molecule has 4 nitrogen and oxygen atoms in total. The van der Waals surface area contributed by atoms with Gasteiger partial charge in [0.15, 0.2) is 5.96 Å². The molecule has 0 radical (unpaired) electrons. The zero-order valence-electron chi connectivity index (χ0n) is 13.3. The van der Waals surface area contributed by atoms with Crippen molar-refractivity contribution in [3.8, 4) is 0 Å². The first-order chi connectivity index (χ1) is 10.2. The van der Waals surface area contributed by atoms with Crippen molar-refractivity contribution in [2.45, 2.75) is 39.8 Å². The van der Waals surface area contributed by atoms with Gasteiger partial charge in [0, 0.05) is 28.8 Å². The van der Waals surface area contributed by atoms with Crippen LogP contribution in [0.4, 0.5) is 0 Å². The van der Waals surface area contributed by atoms with Crippen LogP contribution in [0, 0.1) is 6.92 Å². The Morgan fingerprint density at radius 3 is 2.77 bits per heavy atom. The Morgan fingerprint density at radius 1 is 1.36 bits per heavy atom. The average molecular weight is 433 g/mol. The highest BCUT2D eigenvalue weighted by atomic mass is 127. The van der Waals surface area contributed by atoms with E-state index in [1.54, 1.807) is 6.26 Å². The summed E-state index contributed by atoms with van der Waals surface area (Å²) in [5.41, 5.74) is 0. The number of furan rings is 1. The van der Waals surface area contributed by atoms with Crippen LogP contribution in [-0.4, -0.2) is 18.5 Å². The van der Waals surface area contributed by atoms with Gasteiger partial charge in [-0.05, 0) is 45.0 Å². The molecule has 0 fully saturated rings. The summed E-state index contributed by atoms with van der Waals surface area (Å²) in [5.74, 6) is 1.70. The minimum Gasteiger partial charge on any atom is -0.467 e. The van der Waals surface area contributed by atoms with Gasteiger partial charge in [0.1, 0.15) is 12.3 Å². The Hall–Kier alpha value is -1.02. The van der Waals surface area contributed by atoms with Crippen molar-refractivity contribution in [2.75, 3.05) is 6.54 Å². The highest BCUT2D eigenvalue weighted by Crippen LogP contribution is 2.16. The predicted molar refractivity (Wildman–Crippen MR) is 104 cm³/mol. The molecular weight excluding hydrogens is 409 g/mol. The molecule has 0 saturated heterocycles. The van der Waals surface area contributed by atoms with E-state index in [-0.39, 0.29) is 24.0 Å². The highest BCUT2D eigenvalue weighted by molar-refractivity contribution is 14.0. The minimum atomic E-state index is 0. The van der Waals surface area contributed by atoms with Crippen LogP contribution in [-0.2, 0) is 13.0 Å². The Labute approximate surface area is 153 Å². The number of hydrogen-bond acceptors (Lipinski definition) is 3. The summed E-state index contributed by atoms with van der Waals surface area (Å²) in [6.45, 7) is 7.77. The fourth-order valence-electron chi connectivity index (χ4n) is 2.06. The SMILES string of the molecule is CCNC(=NCc1ccco1)NC(C)Cc1ccc(C)s1.I. The average Bonchev–Trinajstić information content (AvgIpc) is 3.08. The van der Waals surface area contributed by atoms with Crippen molar-refractivity contribution in [1.82, 2.24) is 10.6 Å². The molecule has 122 valence electrons. The van der Waals surface area contributed by atoms with Gasteiger partial charge < -0.3 is 15.1 Å². The van der Waals surface area contributed by atoms with Crippen LogP contribution < -0.4 is 10.6 Å². The van der Waals surface area contributed by atoms with E-state index < -0.39 is 0 Å². The molecular formula is C16H24IN3OS. The van der Waals surface area contributed by atoms with E-state index in [9.17, 15) is 0 Å². The van der Waals surface area contributed by atoms with Crippen LogP contribution in [0.5, 0.6) is 0 Å². The van der Waals surface area contributed by atoms with Crippen molar-refractivity contribution in [2.24, 2.45) is 4.99 Å². The van der Waals surface area contributed by atoms with E-state index in [1.807, 2.05) is 23.5 Å². The number of hydrogen-bond donors (Lipinski definition) is 2. The molecule has 1 atom stereocenters. The van der Waals surface area contributed by atoms with Gasteiger partial charge >= 0.3 is 0 Å². The van der Waals surface area contributed by atoms with E-state index in [0.29, 0.717) is 12.6 Å². The molecule has 1 unspecified atom stereocenters. The minimum absolute atomic E-state index is 0. The second-order valence-corrected chi connectivity index (χ2v) is 6.41. The molecule has 2 rings (SSSR count). The zero-order valence-corrected chi connectivity index (χ0v) is 16.4. The van der Waals surface area contributed by atoms with Crippen LogP contribution in [0.15, 0.2) is 39.9 Å². The standard InChI is InChI=1S/C16H23N3OS.HI/c1-4-17-16(18-11-14-6-5-9-20-14)19-12(2)10-15-8-7-13(3)21-15;/h5-9,12H,4,10-11H2,1-3H3,(H2,17,18,19);1H. The van der Waals surface area contributed by atoms with E-state index >= 15 is 0 Å². The maximum atomic E-state index is 5.30. The number of aryl methyl sites for hydroxylation is 1. The smallest absolute Gasteiger partial charge is 0.191 e. The van der Waals surface area contributed by atoms with Crippen molar-refractivity contribution < 1.29 is 4.42 Å². The van der Waals surface area contributed by atoms with Crippen LogP contribution in [0.1, 0.15) is 29.4 Å². The van der Waals surface area contributed by atoms with Crippen molar-refractivity contribution >= 4 is 41.3 Å². The third-order valence-electron chi connectivity index (χ3n) is 3.00. The summed E-state index contributed by atoms with van der Waals surface area (Å²) < 4.78 is 5.30. The molecule has 0 saturated carbocycles. The van der Waals surface area contributed by atoms with Gasteiger partial charge in [-0.1, -0.05) is 0 Å². The normalized spacial score (nSPS) is 12.6. The number of guanidine groups is 1.